The average molecular weight is 245 g/mol. The Bertz CT molecular complexity index is 363. The van der Waals surface area contributed by atoms with E-state index in [1.165, 1.54) is 24.8 Å². The Balaban J connectivity index is 2.04. The van der Waals surface area contributed by atoms with E-state index in [2.05, 4.69) is 63.3 Å². The van der Waals surface area contributed by atoms with Gasteiger partial charge in [-0.2, -0.15) is 0 Å². The van der Waals surface area contributed by atoms with Crippen LogP contribution in [0.5, 0.6) is 0 Å². The van der Waals surface area contributed by atoms with Gasteiger partial charge in [0, 0.05) is 12.1 Å². The molecule has 2 rings (SSSR count). The third-order valence-electron chi connectivity index (χ3n) is 3.88. The maximum Gasteiger partial charge on any atom is 0.0327 e. The lowest BCUT2D eigenvalue weighted by Crippen LogP contribution is -2.28. The molecule has 0 heterocycles. The highest BCUT2D eigenvalue weighted by Crippen LogP contribution is 2.38. The van der Waals surface area contributed by atoms with E-state index in [4.69, 9.17) is 0 Å². The minimum absolute atomic E-state index is 0.365. The van der Waals surface area contributed by atoms with Gasteiger partial charge in [-0.25, -0.2) is 0 Å². The summed E-state index contributed by atoms with van der Waals surface area (Å²) in [5.74, 6) is 0.913. The largest absolute Gasteiger partial charge is 0.307 e. The van der Waals surface area contributed by atoms with E-state index in [0.717, 1.165) is 12.0 Å². The fourth-order valence-electron chi connectivity index (χ4n) is 2.73. The predicted octanol–water partition coefficient (Wildman–Crippen LogP) is 4.55. The van der Waals surface area contributed by atoms with Crippen LogP contribution in [-0.2, 0) is 0 Å². The summed E-state index contributed by atoms with van der Waals surface area (Å²) in [5, 5.41) is 3.86. The van der Waals surface area contributed by atoms with Crippen molar-refractivity contribution in [3.05, 3.63) is 35.9 Å². The Morgan fingerprint density at radius 2 is 1.89 bits per heavy atom. The molecule has 3 unspecified atom stereocenters. The summed E-state index contributed by atoms with van der Waals surface area (Å²) in [4.78, 5) is 0. The van der Waals surface area contributed by atoms with Gasteiger partial charge in [0.1, 0.15) is 0 Å². The van der Waals surface area contributed by atoms with Crippen LogP contribution < -0.4 is 5.32 Å². The molecule has 1 heteroatoms. The quantitative estimate of drug-likeness (QED) is 0.802. The van der Waals surface area contributed by atoms with Crippen LogP contribution in [-0.4, -0.2) is 6.04 Å². The Kier molecular flexibility index (Phi) is 4.11. The summed E-state index contributed by atoms with van der Waals surface area (Å²) < 4.78 is 0. The number of benzene rings is 1. The highest BCUT2D eigenvalue weighted by Gasteiger charge is 2.37. The van der Waals surface area contributed by atoms with Gasteiger partial charge in [0.25, 0.3) is 0 Å². The Hall–Kier alpha value is -0.820. The molecule has 1 aromatic rings. The molecule has 3 atom stereocenters. The SMILES string of the molecule is CCC1CC1NC(CC(C)(C)C)c1ccccc1. The second-order valence-electron chi connectivity index (χ2n) is 6.91. The first-order valence-corrected chi connectivity index (χ1v) is 7.30. The number of nitrogens with one attached hydrogen (secondary N) is 1. The van der Waals surface area contributed by atoms with Crippen molar-refractivity contribution in [2.45, 2.75) is 59.0 Å². The molecule has 0 radical (unpaired) electrons. The summed E-state index contributed by atoms with van der Waals surface area (Å²) in [6.07, 6.45) is 3.88. The van der Waals surface area contributed by atoms with E-state index in [-0.39, 0.29) is 0 Å². The molecule has 0 aliphatic heterocycles. The number of rotatable bonds is 5. The van der Waals surface area contributed by atoms with E-state index < -0.39 is 0 Å². The zero-order valence-corrected chi connectivity index (χ0v) is 12.2. The van der Waals surface area contributed by atoms with E-state index in [1.807, 2.05) is 0 Å². The van der Waals surface area contributed by atoms with Crippen LogP contribution in [0.1, 0.15) is 58.6 Å². The molecule has 1 aliphatic rings. The van der Waals surface area contributed by atoms with Gasteiger partial charge in [-0.05, 0) is 29.7 Å². The van der Waals surface area contributed by atoms with Crippen LogP contribution in [0.15, 0.2) is 30.3 Å². The molecule has 18 heavy (non-hydrogen) atoms. The first kappa shape index (κ1) is 13.6. The van der Waals surface area contributed by atoms with Crippen LogP contribution in [0.4, 0.5) is 0 Å². The van der Waals surface area contributed by atoms with Crippen LogP contribution in [0, 0.1) is 11.3 Å². The fourth-order valence-corrected chi connectivity index (χ4v) is 2.73. The summed E-state index contributed by atoms with van der Waals surface area (Å²) in [6, 6.07) is 12.2. The lowest BCUT2D eigenvalue weighted by molar-refractivity contribution is 0.307. The molecular formula is C17H27N. The van der Waals surface area contributed by atoms with Crippen molar-refractivity contribution in [2.75, 3.05) is 0 Å². The third-order valence-corrected chi connectivity index (χ3v) is 3.88. The Morgan fingerprint density at radius 3 is 2.39 bits per heavy atom. The predicted molar refractivity (Wildman–Crippen MR) is 78.6 cm³/mol. The van der Waals surface area contributed by atoms with E-state index in [9.17, 15) is 0 Å². The molecule has 0 amide bonds. The molecular weight excluding hydrogens is 218 g/mol. The molecule has 1 fully saturated rings. The molecule has 100 valence electrons. The van der Waals surface area contributed by atoms with Gasteiger partial charge in [-0.15, -0.1) is 0 Å². The first-order chi connectivity index (χ1) is 8.49. The molecule has 0 saturated heterocycles. The van der Waals surface area contributed by atoms with E-state index >= 15 is 0 Å². The molecule has 1 aromatic carbocycles. The zero-order valence-electron chi connectivity index (χ0n) is 12.2. The number of hydrogen-bond acceptors (Lipinski definition) is 1. The van der Waals surface area contributed by atoms with Crippen LogP contribution in [0.2, 0.25) is 0 Å². The third kappa shape index (κ3) is 3.84. The van der Waals surface area contributed by atoms with Crippen molar-refractivity contribution in [1.29, 1.82) is 0 Å². The second-order valence-corrected chi connectivity index (χ2v) is 6.91. The topological polar surface area (TPSA) is 12.0 Å². The summed E-state index contributed by atoms with van der Waals surface area (Å²) >= 11 is 0. The Labute approximate surface area is 112 Å². The van der Waals surface area contributed by atoms with E-state index in [0.29, 0.717) is 11.5 Å². The van der Waals surface area contributed by atoms with Crippen molar-refractivity contribution in [3.63, 3.8) is 0 Å². The van der Waals surface area contributed by atoms with Crippen molar-refractivity contribution in [3.8, 4) is 0 Å². The normalized spacial score (nSPS) is 24.9. The van der Waals surface area contributed by atoms with Gasteiger partial charge in [-0.1, -0.05) is 64.4 Å². The van der Waals surface area contributed by atoms with Crippen molar-refractivity contribution < 1.29 is 0 Å². The van der Waals surface area contributed by atoms with Crippen LogP contribution in [0.25, 0.3) is 0 Å². The van der Waals surface area contributed by atoms with Gasteiger partial charge >= 0.3 is 0 Å². The van der Waals surface area contributed by atoms with Gasteiger partial charge in [0.15, 0.2) is 0 Å². The summed E-state index contributed by atoms with van der Waals surface area (Å²) in [5.41, 5.74) is 1.80. The highest BCUT2D eigenvalue weighted by molar-refractivity contribution is 5.20. The summed E-state index contributed by atoms with van der Waals surface area (Å²) in [7, 11) is 0. The molecule has 0 bridgehead atoms. The minimum Gasteiger partial charge on any atom is -0.307 e. The van der Waals surface area contributed by atoms with Crippen molar-refractivity contribution >= 4 is 0 Å². The van der Waals surface area contributed by atoms with Gasteiger partial charge in [-0.3, -0.25) is 0 Å². The van der Waals surface area contributed by atoms with Gasteiger partial charge in [0.2, 0.25) is 0 Å². The molecule has 1 saturated carbocycles. The fraction of sp³-hybridized carbons (Fsp3) is 0.647. The zero-order chi connectivity index (χ0) is 13.2. The Morgan fingerprint density at radius 1 is 1.22 bits per heavy atom. The molecule has 1 aliphatic carbocycles. The lowest BCUT2D eigenvalue weighted by atomic mass is 9.85. The molecule has 1 nitrogen and oxygen atoms in total. The monoisotopic (exact) mass is 245 g/mol. The maximum absolute atomic E-state index is 3.86. The maximum atomic E-state index is 3.86. The second kappa shape index (κ2) is 5.44. The highest BCUT2D eigenvalue weighted by atomic mass is 15.0. The standard InChI is InChI=1S/C17H27N/c1-5-13-11-15(13)18-16(12-17(2,3)4)14-9-7-6-8-10-14/h6-10,13,15-16,18H,5,11-12H2,1-4H3. The van der Waals surface area contributed by atoms with Crippen molar-refractivity contribution in [2.24, 2.45) is 11.3 Å². The van der Waals surface area contributed by atoms with Crippen LogP contribution in [0.3, 0.4) is 0 Å². The molecule has 1 N–H and O–H groups in total. The smallest absolute Gasteiger partial charge is 0.0327 e. The number of hydrogen-bond donors (Lipinski definition) is 1. The van der Waals surface area contributed by atoms with E-state index in [1.54, 1.807) is 0 Å². The molecule has 0 spiro atoms. The minimum atomic E-state index is 0.365. The first-order valence-electron chi connectivity index (χ1n) is 7.30. The van der Waals surface area contributed by atoms with Crippen LogP contribution >= 0.6 is 0 Å². The van der Waals surface area contributed by atoms with Gasteiger partial charge < -0.3 is 5.32 Å². The molecule has 0 aromatic heterocycles. The lowest BCUT2D eigenvalue weighted by Gasteiger charge is -2.27. The van der Waals surface area contributed by atoms with Crippen molar-refractivity contribution in [1.82, 2.24) is 5.32 Å². The average Bonchev–Trinajstić information content (AvgIpc) is 3.06. The van der Waals surface area contributed by atoms with Gasteiger partial charge in [0.05, 0.1) is 0 Å². The summed E-state index contributed by atoms with van der Waals surface area (Å²) in [6.45, 7) is 9.28.